The highest BCUT2D eigenvalue weighted by Crippen LogP contribution is 2.20. The average Bonchev–Trinajstić information content (AvgIpc) is 2.43. The number of hydrogen-bond acceptors (Lipinski definition) is 3. The molecular weight excluding hydrogens is 266 g/mol. The van der Waals surface area contributed by atoms with Crippen molar-refractivity contribution in [1.82, 2.24) is 5.32 Å². The fraction of sp³-hybridized carbons (Fsp3) is 0.471. The predicted octanol–water partition coefficient (Wildman–Crippen LogP) is 2.78. The molecule has 0 unspecified atom stereocenters. The van der Waals surface area contributed by atoms with Crippen molar-refractivity contribution in [2.75, 3.05) is 26.4 Å². The second kappa shape index (κ2) is 9.19. The molecule has 0 aliphatic rings. The number of hydrogen-bond donors (Lipinski definition) is 1. The first-order chi connectivity index (χ1) is 10.0. The number of aryl methyl sites for hydroxylation is 1. The number of ether oxygens (including phenoxy) is 2. The second-order valence-corrected chi connectivity index (χ2v) is 5.16. The van der Waals surface area contributed by atoms with E-state index in [4.69, 9.17) is 9.47 Å². The van der Waals surface area contributed by atoms with Gasteiger partial charge in [-0.1, -0.05) is 24.3 Å². The van der Waals surface area contributed by atoms with Crippen molar-refractivity contribution >= 4 is 5.91 Å². The SMILES string of the molecule is C=C(C)COCCNC(=O)CCOc1cccc(C)c1C. The van der Waals surface area contributed by atoms with Crippen LogP contribution in [-0.2, 0) is 9.53 Å². The van der Waals surface area contributed by atoms with Crippen molar-refractivity contribution < 1.29 is 14.3 Å². The van der Waals surface area contributed by atoms with Crippen molar-refractivity contribution in [3.63, 3.8) is 0 Å². The number of carbonyl (C=O) groups is 1. The zero-order valence-corrected chi connectivity index (χ0v) is 13.2. The summed E-state index contributed by atoms with van der Waals surface area (Å²) in [5.74, 6) is 0.812. The summed E-state index contributed by atoms with van der Waals surface area (Å²) in [6, 6.07) is 5.92. The molecule has 0 heterocycles. The number of rotatable bonds is 9. The Morgan fingerprint density at radius 3 is 2.76 bits per heavy atom. The van der Waals surface area contributed by atoms with E-state index in [0.29, 0.717) is 32.8 Å². The van der Waals surface area contributed by atoms with Gasteiger partial charge in [0, 0.05) is 6.54 Å². The van der Waals surface area contributed by atoms with Gasteiger partial charge in [0.05, 0.1) is 26.2 Å². The van der Waals surface area contributed by atoms with E-state index in [2.05, 4.69) is 11.9 Å². The summed E-state index contributed by atoms with van der Waals surface area (Å²) in [6.45, 7) is 11.6. The molecule has 0 aliphatic carbocycles. The van der Waals surface area contributed by atoms with Crippen LogP contribution in [0.3, 0.4) is 0 Å². The first kappa shape index (κ1) is 17.2. The molecular formula is C17H25NO3. The molecule has 4 nitrogen and oxygen atoms in total. The Bertz CT molecular complexity index is 483. The Balaban J connectivity index is 2.16. The van der Waals surface area contributed by atoms with Gasteiger partial charge in [0.1, 0.15) is 5.75 Å². The van der Waals surface area contributed by atoms with Crippen LogP contribution in [-0.4, -0.2) is 32.3 Å². The first-order valence-electron chi connectivity index (χ1n) is 7.18. The topological polar surface area (TPSA) is 47.6 Å². The van der Waals surface area contributed by atoms with Gasteiger partial charge in [-0.3, -0.25) is 4.79 Å². The second-order valence-electron chi connectivity index (χ2n) is 5.16. The zero-order valence-electron chi connectivity index (χ0n) is 13.2. The standard InChI is InChI=1S/C17H25NO3/c1-13(2)12-20-11-9-18-17(19)8-10-21-16-7-5-6-14(3)15(16)4/h5-7H,1,8-12H2,2-4H3,(H,18,19). The third kappa shape index (κ3) is 6.95. The number of amides is 1. The van der Waals surface area contributed by atoms with Crippen LogP contribution in [0, 0.1) is 13.8 Å². The Kier molecular flexibility index (Phi) is 7.54. The highest BCUT2D eigenvalue weighted by atomic mass is 16.5. The first-order valence-corrected chi connectivity index (χ1v) is 7.18. The van der Waals surface area contributed by atoms with Crippen molar-refractivity contribution in [3.8, 4) is 5.75 Å². The van der Waals surface area contributed by atoms with Crippen LogP contribution in [0.15, 0.2) is 30.4 Å². The smallest absolute Gasteiger partial charge is 0.223 e. The molecule has 4 heteroatoms. The van der Waals surface area contributed by atoms with E-state index in [-0.39, 0.29) is 5.91 Å². The zero-order chi connectivity index (χ0) is 15.7. The van der Waals surface area contributed by atoms with Gasteiger partial charge >= 0.3 is 0 Å². The lowest BCUT2D eigenvalue weighted by Crippen LogP contribution is -2.28. The summed E-state index contributed by atoms with van der Waals surface area (Å²) in [4.78, 5) is 11.6. The largest absolute Gasteiger partial charge is 0.493 e. The predicted molar refractivity (Wildman–Crippen MR) is 84.7 cm³/mol. The normalized spacial score (nSPS) is 10.2. The summed E-state index contributed by atoms with van der Waals surface area (Å²) in [7, 11) is 0. The van der Waals surface area contributed by atoms with Crippen molar-refractivity contribution in [2.45, 2.75) is 27.2 Å². The molecule has 0 atom stereocenters. The number of nitrogens with one attached hydrogen (secondary N) is 1. The summed E-state index contributed by atoms with van der Waals surface area (Å²) >= 11 is 0. The molecule has 0 fully saturated rings. The van der Waals surface area contributed by atoms with Gasteiger partial charge < -0.3 is 14.8 Å². The van der Waals surface area contributed by atoms with Gasteiger partial charge in [-0.25, -0.2) is 0 Å². The van der Waals surface area contributed by atoms with Crippen LogP contribution < -0.4 is 10.1 Å². The molecule has 0 aromatic heterocycles. The minimum atomic E-state index is -0.0285. The van der Waals surface area contributed by atoms with Gasteiger partial charge in [-0.15, -0.1) is 0 Å². The average molecular weight is 291 g/mol. The van der Waals surface area contributed by atoms with Gasteiger partial charge in [-0.05, 0) is 38.0 Å². The lowest BCUT2D eigenvalue weighted by molar-refractivity contribution is -0.121. The maximum absolute atomic E-state index is 11.6. The van der Waals surface area contributed by atoms with Crippen LogP contribution in [0.1, 0.15) is 24.5 Å². The molecule has 0 radical (unpaired) electrons. The molecule has 1 amide bonds. The molecule has 0 saturated carbocycles. The quantitative estimate of drug-likeness (QED) is 0.562. The lowest BCUT2D eigenvalue weighted by Gasteiger charge is -2.11. The summed E-state index contributed by atoms with van der Waals surface area (Å²) in [6.07, 6.45) is 0.341. The Morgan fingerprint density at radius 1 is 1.29 bits per heavy atom. The molecule has 1 aromatic carbocycles. The molecule has 116 valence electrons. The fourth-order valence-electron chi connectivity index (χ4n) is 1.73. The van der Waals surface area contributed by atoms with E-state index in [1.54, 1.807) is 0 Å². The molecule has 0 spiro atoms. The Morgan fingerprint density at radius 2 is 2.05 bits per heavy atom. The van der Waals surface area contributed by atoms with Crippen molar-refractivity contribution in [2.24, 2.45) is 0 Å². The monoisotopic (exact) mass is 291 g/mol. The summed E-state index contributed by atoms with van der Waals surface area (Å²) in [5.41, 5.74) is 3.28. The molecule has 1 aromatic rings. The maximum atomic E-state index is 11.6. The molecule has 0 bridgehead atoms. The van der Waals surface area contributed by atoms with Gasteiger partial charge in [0.2, 0.25) is 5.91 Å². The lowest BCUT2D eigenvalue weighted by atomic mass is 10.1. The van der Waals surface area contributed by atoms with E-state index in [1.165, 1.54) is 5.56 Å². The van der Waals surface area contributed by atoms with E-state index >= 15 is 0 Å². The maximum Gasteiger partial charge on any atom is 0.223 e. The molecule has 0 saturated heterocycles. The van der Waals surface area contributed by atoms with Gasteiger partial charge in [0.15, 0.2) is 0 Å². The highest BCUT2D eigenvalue weighted by molar-refractivity contribution is 5.75. The van der Waals surface area contributed by atoms with Gasteiger partial charge in [0.25, 0.3) is 0 Å². The van der Waals surface area contributed by atoms with Crippen molar-refractivity contribution in [1.29, 1.82) is 0 Å². The summed E-state index contributed by atoms with van der Waals surface area (Å²) in [5, 5.41) is 2.80. The van der Waals surface area contributed by atoms with Crippen LogP contribution in [0.2, 0.25) is 0 Å². The Labute approximate surface area is 127 Å². The van der Waals surface area contributed by atoms with E-state index < -0.39 is 0 Å². The minimum absolute atomic E-state index is 0.0285. The molecule has 0 aliphatic heterocycles. The van der Waals surface area contributed by atoms with Crippen LogP contribution in [0.4, 0.5) is 0 Å². The Hall–Kier alpha value is -1.81. The third-order valence-electron chi connectivity index (χ3n) is 3.06. The van der Waals surface area contributed by atoms with E-state index in [9.17, 15) is 4.79 Å². The fourth-order valence-corrected chi connectivity index (χ4v) is 1.73. The highest BCUT2D eigenvalue weighted by Gasteiger charge is 2.04. The van der Waals surface area contributed by atoms with Crippen molar-refractivity contribution in [3.05, 3.63) is 41.5 Å². The summed E-state index contributed by atoms with van der Waals surface area (Å²) < 4.78 is 10.9. The molecule has 1 N–H and O–H groups in total. The van der Waals surface area contributed by atoms with Crippen LogP contribution in [0.25, 0.3) is 0 Å². The van der Waals surface area contributed by atoms with E-state index in [1.807, 2.05) is 39.0 Å². The third-order valence-corrected chi connectivity index (χ3v) is 3.06. The number of carbonyl (C=O) groups excluding carboxylic acids is 1. The van der Waals surface area contributed by atoms with Crippen LogP contribution in [0.5, 0.6) is 5.75 Å². The number of benzene rings is 1. The van der Waals surface area contributed by atoms with E-state index in [0.717, 1.165) is 16.9 Å². The molecule has 1 rings (SSSR count). The minimum Gasteiger partial charge on any atom is -0.493 e. The van der Waals surface area contributed by atoms with Gasteiger partial charge in [-0.2, -0.15) is 0 Å². The molecule has 21 heavy (non-hydrogen) atoms. The van der Waals surface area contributed by atoms with Crippen LogP contribution >= 0.6 is 0 Å².